The van der Waals surface area contributed by atoms with Crippen molar-refractivity contribution in [1.82, 2.24) is 4.47 Å². The molecule has 0 bridgehead atoms. The van der Waals surface area contributed by atoms with E-state index in [4.69, 9.17) is 9.39 Å². The molecule has 10 heavy (non-hydrogen) atoms. The smallest absolute Gasteiger partial charge is 0.258 e. The van der Waals surface area contributed by atoms with Gasteiger partial charge >= 0.3 is 0 Å². The van der Waals surface area contributed by atoms with Gasteiger partial charge in [-0.2, -0.15) is 0 Å². The lowest BCUT2D eigenvalue weighted by Gasteiger charge is -2.14. The van der Waals surface area contributed by atoms with Crippen LogP contribution in [0.4, 0.5) is 0 Å². The molecule has 0 saturated heterocycles. The summed E-state index contributed by atoms with van der Waals surface area (Å²) in [5.41, 5.74) is 0. The number of hydrogen-bond donors (Lipinski definition) is 1. The molecule has 0 radical (unpaired) electrons. The lowest BCUT2D eigenvalue weighted by atomic mass is 10.5. The van der Waals surface area contributed by atoms with Crippen molar-refractivity contribution < 1.29 is 13.6 Å². The highest BCUT2D eigenvalue weighted by atomic mass is 32.2. The highest BCUT2D eigenvalue weighted by Gasteiger charge is 2.07. The Morgan fingerprint density at radius 2 is 2.20 bits per heavy atom. The van der Waals surface area contributed by atoms with Crippen molar-refractivity contribution in [3.05, 3.63) is 0 Å². The first-order valence-electron chi connectivity index (χ1n) is 3.23. The third-order valence-corrected chi connectivity index (χ3v) is 1.49. The summed E-state index contributed by atoms with van der Waals surface area (Å²) in [5, 5.41) is 0. The number of hydroxylamine groups is 1. The van der Waals surface area contributed by atoms with Crippen molar-refractivity contribution in [2.24, 2.45) is 0 Å². The van der Waals surface area contributed by atoms with Crippen molar-refractivity contribution in [1.29, 1.82) is 0 Å². The van der Waals surface area contributed by atoms with Crippen LogP contribution in [0.5, 0.6) is 0 Å². The summed E-state index contributed by atoms with van der Waals surface area (Å²) >= 11 is -1.99. The molecule has 0 aliphatic carbocycles. The van der Waals surface area contributed by atoms with Crippen LogP contribution in [0.25, 0.3) is 0 Å². The fourth-order valence-corrected chi connectivity index (χ4v) is 1.05. The van der Waals surface area contributed by atoms with Crippen molar-refractivity contribution in [2.75, 3.05) is 13.2 Å². The van der Waals surface area contributed by atoms with Crippen LogP contribution in [0, 0.1) is 0 Å². The maximum Gasteiger partial charge on any atom is 0.258 e. The van der Waals surface area contributed by atoms with E-state index in [1.165, 1.54) is 0 Å². The molecule has 0 fully saturated rings. The number of hydrogen-bond acceptors (Lipinski definition) is 2. The van der Waals surface area contributed by atoms with Crippen LogP contribution in [0.15, 0.2) is 0 Å². The molecule has 1 atom stereocenters. The molecule has 0 heterocycles. The third kappa shape index (κ3) is 3.94. The first-order valence-corrected chi connectivity index (χ1v) is 4.30. The maximum absolute atomic E-state index is 10.4. The van der Waals surface area contributed by atoms with E-state index in [1.807, 2.05) is 6.92 Å². The molecule has 0 aliphatic heterocycles. The summed E-state index contributed by atoms with van der Waals surface area (Å²) in [6.45, 7) is 4.59. The minimum absolute atomic E-state index is 0.423. The van der Waals surface area contributed by atoms with Gasteiger partial charge in [-0.15, -0.1) is 0 Å². The molecule has 0 aromatic carbocycles. The normalized spacial score (nSPS) is 14.0. The van der Waals surface area contributed by atoms with Gasteiger partial charge in [0.2, 0.25) is 0 Å². The molecule has 62 valence electrons. The van der Waals surface area contributed by atoms with E-state index in [9.17, 15) is 4.21 Å². The van der Waals surface area contributed by atoms with Gasteiger partial charge in [0.15, 0.2) is 0 Å². The topological polar surface area (TPSA) is 49.8 Å². The molecule has 0 aromatic heterocycles. The first kappa shape index (κ1) is 10.0. The molecule has 0 amide bonds. The Bertz CT molecular complexity index is 103. The van der Waals surface area contributed by atoms with E-state index in [2.05, 4.69) is 0 Å². The summed E-state index contributed by atoms with van der Waals surface area (Å²) in [6.07, 6.45) is 0.798. The Kier molecular flexibility index (Phi) is 5.81. The predicted octanol–water partition coefficient (Wildman–Crippen LogP) is 0.787. The quantitative estimate of drug-likeness (QED) is 0.486. The van der Waals surface area contributed by atoms with Gasteiger partial charge in [-0.05, 0) is 13.3 Å². The highest BCUT2D eigenvalue weighted by molar-refractivity contribution is 7.76. The van der Waals surface area contributed by atoms with Gasteiger partial charge in [0.1, 0.15) is 0 Å². The minimum atomic E-state index is -1.99. The zero-order valence-electron chi connectivity index (χ0n) is 6.24. The molecule has 4 nitrogen and oxygen atoms in total. The van der Waals surface area contributed by atoms with Gasteiger partial charge in [-0.25, -0.2) is 4.21 Å². The Balaban J connectivity index is 3.61. The van der Waals surface area contributed by atoms with E-state index >= 15 is 0 Å². The monoisotopic (exact) mass is 167 g/mol. The van der Waals surface area contributed by atoms with Gasteiger partial charge in [-0.1, -0.05) is 11.4 Å². The van der Waals surface area contributed by atoms with E-state index in [0.717, 1.165) is 10.9 Å². The highest BCUT2D eigenvalue weighted by Crippen LogP contribution is 1.95. The lowest BCUT2D eigenvalue weighted by Crippen LogP contribution is -2.26. The first-order chi connectivity index (χ1) is 4.72. The lowest BCUT2D eigenvalue weighted by molar-refractivity contribution is -0.0787. The Morgan fingerprint density at radius 3 is 2.50 bits per heavy atom. The summed E-state index contributed by atoms with van der Waals surface area (Å²) in [6, 6.07) is 0. The van der Waals surface area contributed by atoms with E-state index in [0.29, 0.717) is 13.2 Å². The zero-order chi connectivity index (χ0) is 7.98. The van der Waals surface area contributed by atoms with Crippen molar-refractivity contribution >= 4 is 11.3 Å². The van der Waals surface area contributed by atoms with Crippen molar-refractivity contribution in [2.45, 2.75) is 20.3 Å². The maximum atomic E-state index is 10.4. The summed E-state index contributed by atoms with van der Waals surface area (Å²) in [4.78, 5) is 4.83. The summed E-state index contributed by atoms with van der Waals surface area (Å²) in [7, 11) is 0. The number of nitrogens with zero attached hydrogens (tertiary/aromatic N) is 1. The molecule has 0 spiro atoms. The molecule has 0 rings (SSSR count). The van der Waals surface area contributed by atoms with Gasteiger partial charge in [-0.3, -0.25) is 9.39 Å². The van der Waals surface area contributed by atoms with Crippen LogP contribution < -0.4 is 0 Å². The third-order valence-electron chi connectivity index (χ3n) is 0.853. The zero-order valence-corrected chi connectivity index (χ0v) is 7.06. The standard InChI is InChI=1S/C5H13NO3S/c1-3-5-6(9-4-2)10(7)8/h3-5H2,1-2H3,(H,7,8). The number of rotatable bonds is 5. The average Bonchev–Trinajstić information content (AvgIpc) is 1.87. The summed E-state index contributed by atoms with van der Waals surface area (Å²) < 4.78 is 20.0. The molecule has 1 N–H and O–H groups in total. The average molecular weight is 167 g/mol. The van der Waals surface area contributed by atoms with E-state index in [-0.39, 0.29) is 0 Å². The van der Waals surface area contributed by atoms with E-state index < -0.39 is 11.3 Å². The largest absolute Gasteiger partial charge is 0.292 e. The Labute approximate surface area is 63.5 Å². The van der Waals surface area contributed by atoms with Gasteiger partial charge in [0.25, 0.3) is 11.3 Å². The Morgan fingerprint density at radius 1 is 1.60 bits per heavy atom. The molecule has 1 unspecified atom stereocenters. The van der Waals surface area contributed by atoms with Crippen LogP contribution in [-0.4, -0.2) is 26.4 Å². The van der Waals surface area contributed by atoms with E-state index in [1.54, 1.807) is 6.92 Å². The van der Waals surface area contributed by atoms with Crippen LogP contribution in [-0.2, 0) is 16.1 Å². The van der Waals surface area contributed by atoms with Gasteiger partial charge < -0.3 is 0 Å². The fraction of sp³-hybridized carbons (Fsp3) is 1.00. The fourth-order valence-electron chi connectivity index (χ4n) is 0.514. The Hall–Kier alpha value is 0.0300. The molecule has 0 aromatic rings. The van der Waals surface area contributed by atoms with Crippen LogP contribution in [0.3, 0.4) is 0 Å². The van der Waals surface area contributed by atoms with Gasteiger partial charge in [0, 0.05) is 6.54 Å². The second kappa shape index (κ2) is 5.79. The summed E-state index contributed by atoms with van der Waals surface area (Å²) in [5.74, 6) is 0. The van der Waals surface area contributed by atoms with Gasteiger partial charge in [0.05, 0.1) is 6.61 Å². The molecule has 5 heteroatoms. The van der Waals surface area contributed by atoms with Crippen molar-refractivity contribution in [3.8, 4) is 0 Å². The van der Waals surface area contributed by atoms with Crippen LogP contribution in [0.1, 0.15) is 20.3 Å². The minimum Gasteiger partial charge on any atom is -0.292 e. The second-order valence-corrected chi connectivity index (χ2v) is 2.57. The molecular weight excluding hydrogens is 154 g/mol. The van der Waals surface area contributed by atoms with Crippen molar-refractivity contribution in [3.63, 3.8) is 0 Å². The second-order valence-electron chi connectivity index (χ2n) is 1.70. The molecule has 0 aliphatic rings. The van der Waals surface area contributed by atoms with Crippen LogP contribution in [0.2, 0.25) is 0 Å². The SMILES string of the molecule is CCCN(OCC)S(=O)O. The predicted molar refractivity (Wildman–Crippen MR) is 39.4 cm³/mol. The molecular formula is C5H13NO3S. The van der Waals surface area contributed by atoms with Crippen LogP contribution >= 0.6 is 0 Å². The molecule has 0 saturated carbocycles.